The number of carbonyl (C=O) groups excluding carboxylic acids is 2. The maximum atomic E-state index is 12.9. The van der Waals surface area contributed by atoms with Crippen molar-refractivity contribution in [3.63, 3.8) is 0 Å². The standard InChI is InChI=1S/C17H15F3N2O3S/c18-17(19,20)11-21(10-14-5-2-8-26-14)15(23)12-3-1-4-13(9-12)22-6-7-25-16(22)24/h1-5,8-9H,6-7,10-11H2. The van der Waals surface area contributed by atoms with E-state index in [1.807, 2.05) is 0 Å². The number of benzene rings is 1. The molecule has 0 unspecified atom stereocenters. The van der Waals surface area contributed by atoms with Crippen LogP contribution in [-0.4, -0.2) is 42.8 Å². The van der Waals surface area contributed by atoms with Crippen LogP contribution in [0.15, 0.2) is 41.8 Å². The third-order valence-corrected chi connectivity index (χ3v) is 4.61. The molecule has 0 saturated carbocycles. The molecule has 1 aromatic heterocycles. The van der Waals surface area contributed by atoms with Crippen molar-refractivity contribution >= 4 is 29.0 Å². The zero-order valence-electron chi connectivity index (χ0n) is 13.5. The Hall–Kier alpha value is -2.55. The van der Waals surface area contributed by atoms with Crippen molar-refractivity contribution in [3.05, 3.63) is 52.2 Å². The van der Waals surface area contributed by atoms with Gasteiger partial charge in [-0.25, -0.2) is 4.79 Å². The van der Waals surface area contributed by atoms with Crippen LogP contribution in [0, 0.1) is 0 Å². The Morgan fingerprint density at radius 3 is 2.69 bits per heavy atom. The van der Waals surface area contributed by atoms with Gasteiger partial charge < -0.3 is 9.64 Å². The van der Waals surface area contributed by atoms with Crippen LogP contribution in [-0.2, 0) is 11.3 Å². The van der Waals surface area contributed by atoms with E-state index < -0.39 is 24.7 Å². The lowest BCUT2D eigenvalue weighted by atomic mass is 10.1. The van der Waals surface area contributed by atoms with Crippen molar-refractivity contribution in [2.24, 2.45) is 0 Å². The van der Waals surface area contributed by atoms with Gasteiger partial charge in [0.15, 0.2) is 0 Å². The van der Waals surface area contributed by atoms with Gasteiger partial charge in [0, 0.05) is 16.1 Å². The predicted molar refractivity (Wildman–Crippen MR) is 90.3 cm³/mol. The second-order valence-corrected chi connectivity index (χ2v) is 6.70. The molecule has 2 heterocycles. The summed E-state index contributed by atoms with van der Waals surface area (Å²) < 4.78 is 43.6. The number of amides is 2. The molecule has 3 rings (SSSR count). The SMILES string of the molecule is O=C(c1cccc(N2CCOC2=O)c1)N(Cc1cccs1)CC(F)(F)F. The van der Waals surface area contributed by atoms with Gasteiger partial charge in [-0.2, -0.15) is 13.2 Å². The first-order valence-corrected chi connectivity index (χ1v) is 8.64. The van der Waals surface area contributed by atoms with Crippen molar-refractivity contribution in [3.8, 4) is 0 Å². The Morgan fingerprint density at radius 1 is 1.27 bits per heavy atom. The number of ether oxygens (including phenoxy) is 1. The number of rotatable bonds is 5. The highest BCUT2D eigenvalue weighted by Crippen LogP contribution is 2.24. The van der Waals surface area contributed by atoms with Gasteiger partial charge in [-0.15, -0.1) is 11.3 Å². The van der Waals surface area contributed by atoms with Gasteiger partial charge in [-0.1, -0.05) is 12.1 Å². The summed E-state index contributed by atoms with van der Waals surface area (Å²) in [6.07, 6.45) is -5.05. The summed E-state index contributed by atoms with van der Waals surface area (Å²) in [5.74, 6) is -0.745. The highest BCUT2D eigenvalue weighted by Gasteiger charge is 2.34. The van der Waals surface area contributed by atoms with Gasteiger partial charge in [0.2, 0.25) is 0 Å². The van der Waals surface area contributed by atoms with Gasteiger partial charge in [-0.3, -0.25) is 9.69 Å². The van der Waals surface area contributed by atoms with E-state index in [0.717, 1.165) is 4.90 Å². The Kier molecular flexibility index (Phi) is 5.17. The average molecular weight is 384 g/mol. The van der Waals surface area contributed by atoms with Crippen LogP contribution in [0.5, 0.6) is 0 Å². The minimum Gasteiger partial charge on any atom is -0.447 e. The summed E-state index contributed by atoms with van der Waals surface area (Å²) in [4.78, 5) is 27.1. The fraction of sp³-hybridized carbons (Fsp3) is 0.294. The minimum atomic E-state index is -4.51. The summed E-state index contributed by atoms with van der Waals surface area (Å²) in [5, 5.41) is 1.74. The lowest BCUT2D eigenvalue weighted by Gasteiger charge is -2.24. The molecule has 1 fully saturated rings. The smallest absolute Gasteiger partial charge is 0.414 e. The molecule has 0 N–H and O–H groups in total. The zero-order valence-corrected chi connectivity index (χ0v) is 14.3. The van der Waals surface area contributed by atoms with Crippen LogP contribution < -0.4 is 4.90 Å². The average Bonchev–Trinajstić information content (AvgIpc) is 3.24. The number of hydrogen-bond acceptors (Lipinski definition) is 4. The summed E-state index contributed by atoms with van der Waals surface area (Å²) in [5.41, 5.74) is 0.504. The van der Waals surface area contributed by atoms with Crippen molar-refractivity contribution < 1.29 is 27.5 Å². The highest BCUT2D eigenvalue weighted by atomic mass is 32.1. The monoisotopic (exact) mass is 384 g/mol. The van der Waals surface area contributed by atoms with Crippen LogP contribution in [0.1, 0.15) is 15.2 Å². The van der Waals surface area contributed by atoms with Gasteiger partial charge in [0.25, 0.3) is 5.91 Å². The first-order chi connectivity index (χ1) is 12.3. The normalized spacial score (nSPS) is 14.4. The number of hydrogen-bond donors (Lipinski definition) is 0. The van der Waals surface area contributed by atoms with E-state index >= 15 is 0 Å². The summed E-state index contributed by atoms with van der Waals surface area (Å²) in [7, 11) is 0. The Morgan fingerprint density at radius 2 is 2.08 bits per heavy atom. The topological polar surface area (TPSA) is 49.9 Å². The molecule has 2 amide bonds. The lowest BCUT2D eigenvalue weighted by Crippen LogP contribution is -2.38. The fourth-order valence-electron chi connectivity index (χ4n) is 2.62. The van der Waals surface area contributed by atoms with Gasteiger partial charge in [0.05, 0.1) is 13.1 Å². The van der Waals surface area contributed by atoms with E-state index in [0.29, 0.717) is 17.1 Å². The molecule has 1 aliphatic heterocycles. The molecule has 0 atom stereocenters. The molecule has 0 radical (unpaired) electrons. The molecule has 138 valence electrons. The van der Waals surface area contributed by atoms with Crippen molar-refractivity contribution in [1.29, 1.82) is 0 Å². The van der Waals surface area contributed by atoms with Gasteiger partial charge >= 0.3 is 12.3 Å². The number of anilines is 1. The number of nitrogens with zero attached hydrogens (tertiary/aromatic N) is 2. The van der Waals surface area contributed by atoms with Crippen LogP contribution in [0.3, 0.4) is 0 Å². The van der Waals surface area contributed by atoms with Crippen molar-refractivity contribution in [2.75, 3.05) is 24.6 Å². The van der Waals surface area contributed by atoms with Crippen LogP contribution >= 0.6 is 11.3 Å². The zero-order chi connectivity index (χ0) is 18.7. The molecule has 0 bridgehead atoms. The Labute approximate surface area is 151 Å². The minimum absolute atomic E-state index is 0.0861. The maximum Gasteiger partial charge on any atom is 0.414 e. The van der Waals surface area contributed by atoms with E-state index in [9.17, 15) is 22.8 Å². The summed E-state index contributed by atoms with van der Waals surface area (Å²) in [6, 6.07) is 9.38. The van der Waals surface area contributed by atoms with E-state index in [1.54, 1.807) is 23.6 Å². The molecule has 1 aromatic carbocycles. The van der Waals surface area contributed by atoms with Crippen molar-refractivity contribution in [1.82, 2.24) is 4.90 Å². The van der Waals surface area contributed by atoms with Gasteiger partial charge in [0.1, 0.15) is 13.2 Å². The predicted octanol–water partition coefficient (Wildman–Crippen LogP) is 3.91. The maximum absolute atomic E-state index is 12.9. The number of thiophene rings is 1. The van der Waals surface area contributed by atoms with E-state index in [1.165, 1.54) is 34.4 Å². The van der Waals surface area contributed by atoms with E-state index in [2.05, 4.69) is 0 Å². The molecule has 1 saturated heterocycles. The van der Waals surface area contributed by atoms with Gasteiger partial charge in [-0.05, 0) is 29.6 Å². The molecule has 0 aliphatic carbocycles. The van der Waals surface area contributed by atoms with Crippen LogP contribution in [0.4, 0.5) is 23.7 Å². The fourth-order valence-corrected chi connectivity index (χ4v) is 3.34. The third-order valence-electron chi connectivity index (χ3n) is 3.75. The number of cyclic esters (lactones) is 1. The second-order valence-electron chi connectivity index (χ2n) is 5.67. The van der Waals surface area contributed by atoms with E-state index in [4.69, 9.17) is 4.74 Å². The first kappa shape index (κ1) is 18.2. The molecule has 26 heavy (non-hydrogen) atoms. The summed E-state index contributed by atoms with van der Waals surface area (Å²) >= 11 is 1.28. The van der Waals surface area contributed by atoms with E-state index in [-0.39, 0.29) is 18.7 Å². The Balaban J connectivity index is 1.84. The molecular weight excluding hydrogens is 369 g/mol. The summed E-state index contributed by atoms with van der Waals surface area (Å²) in [6.45, 7) is -0.917. The molecule has 1 aliphatic rings. The first-order valence-electron chi connectivity index (χ1n) is 7.76. The molecule has 0 spiro atoms. The molecule has 2 aromatic rings. The van der Waals surface area contributed by atoms with Crippen LogP contribution in [0.25, 0.3) is 0 Å². The quantitative estimate of drug-likeness (QED) is 0.785. The number of alkyl halides is 3. The lowest BCUT2D eigenvalue weighted by molar-refractivity contribution is -0.141. The number of carbonyl (C=O) groups is 2. The Bertz CT molecular complexity index is 793. The van der Waals surface area contributed by atoms with Crippen molar-refractivity contribution in [2.45, 2.75) is 12.7 Å². The number of halogens is 3. The third kappa shape index (κ3) is 4.34. The largest absolute Gasteiger partial charge is 0.447 e. The van der Waals surface area contributed by atoms with Crippen LogP contribution in [0.2, 0.25) is 0 Å². The molecular formula is C17H15F3N2O3S. The molecule has 5 nitrogen and oxygen atoms in total. The second kappa shape index (κ2) is 7.36. The molecule has 9 heteroatoms. The highest BCUT2D eigenvalue weighted by molar-refractivity contribution is 7.09.